The largest absolute Gasteiger partial charge is 0.416 e. The van der Waals surface area contributed by atoms with Crippen molar-refractivity contribution in [2.24, 2.45) is 0 Å². The number of rotatable bonds is 2. The van der Waals surface area contributed by atoms with E-state index in [4.69, 9.17) is 0 Å². The lowest BCUT2D eigenvalue weighted by atomic mass is 10.2. The molecule has 0 unspecified atom stereocenters. The Morgan fingerprint density at radius 2 is 1.67 bits per heavy atom. The van der Waals surface area contributed by atoms with Gasteiger partial charge in [0, 0.05) is 16.4 Å². The first-order valence-corrected chi connectivity index (χ1v) is 5.79. The molecule has 0 saturated carbocycles. The summed E-state index contributed by atoms with van der Waals surface area (Å²) in [7, 11) is 0. The number of pyridine rings is 1. The van der Waals surface area contributed by atoms with E-state index < -0.39 is 11.7 Å². The zero-order chi connectivity index (χ0) is 13.2. The fourth-order valence-corrected chi connectivity index (χ4v) is 1.75. The van der Waals surface area contributed by atoms with E-state index in [-0.39, 0.29) is 0 Å². The average Bonchev–Trinajstić information content (AvgIpc) is 2.28. The molecule has 0 atom stereocenters. The van der Waals surface area contributed by atoms with Crippen molar-refractivity contribution in [3.05, 3.63) is 52.8 Å². The van der Waals surface area contributed by atoms with Gasteiger partial charge in [0.1, 0.15) is 0 Å². The van der Waals surface area contributed by atoms with Crippen molar-refractivity contribution in [3.63, 3.8) is 0 Å². The number of anilines is 2. The van der Waals surface area contributed by atoms with Crippen LogP contribution in [0.2, 0.25) is 0 Å². The van der Waals surface area contributed by atoms with Gasteiger partial charge in [0.25, 0.3) is 0 Å². The fourth-order valence-electron chi connectivity index (χ4n) is 1.39. The highest BCUT2D eigenvalue weighted by molar-refractivity contribution is 9.10. The SMILES string of the molecule is FC(F)(F)c1ccc(Nc2cncc(Br)c2)cc1. The molecule has 1 aromatic carbocycles. The van der Waals surface area contributed by atoms with Gasteiger partial charge >= 0.3 is 6.18 Å². The lowest BCUT2D eigenvalue weighted by Crippen LogP contribution is -2.04. The van der Waals surface area contributed by atoms with Crippen LogP contribution in [0.4, 0.5) is 24.5 Å². The highest BCUT2D eigenvalue weighted by Gasteiger charge is 2.29. The third kappa shape index (κ3) is 3.22. The van der Waals surface area contributed by atoms with Gasteiger partial charge in [-0.1, -0.05) is 0 Å². The van der Waals surface area contributed by atoms with Crippen LogP contribution in [0.15, 0.2) is 47.2 Å². The number of benzene rings is 1. The Balaban J connectivity index is 2.16. The number of halogens is 4. The fraction of sp³-hybridized carbons (Fsp3) is 0.0833. The molecule has 1 heterocycles. The predicted octanol–water partition coefficient (Wildman–Crippen LogP) is 4.61. The lowest BCUT2D eigenvalue weighted by Gasteiger charge is -2.09. The van der Waals surface area contributed by atoms with Gasteiger partial charge in [-0.15, -0.1) is 0 Å². The predicted molar refractivity (Wildman–Crippen MR) is 66.7 cm³/mol. The first-order valence-electron chi connectivity index (χ1n) is 5.00. The van der Waals surface area contributed by atoms with Crippen molar-refractivity contribution in [2.75, 3.05) is 5.32 Å². The van der Waals surface area contributed by atoms with Gasteiger partial charge in [0.05, 0.1) is 17.4 Å². The molecule has 6 heteroatoms. The zero-order valence-electron chi connectivity index (χ0n) is 9.00. The van der Waals surface area contributed by atoms with E-state index in [1.54, 1.807) is 18.5 Å². The van der Waals surface area contributed by atoms with Gasteiger partial charge in [-0.2, -0.15) is 13.2 Å². The highest BCUT2D eigenvalue weighted by atomic mass is 79.9. The van der Waals surface area contributed by atoms with Crippen molar-refractivity contribution in [2.45, 2.75) is 6.18 Å². The summed E-state index contributed by atoms with van der Waals surface area (Å²) in [6, 6.07) is 6.61. The summed E-state index contributed by atoms with van der Waals surface area (Å²) in [6.45, 7) is 0. The Morgan fingerprint density at radius 3 is 2.22 bits per heavy atom. The summed E-state index contributed by atoms with van der Waals surface area (Å²) in [5.74, 6) is 0. The molecule has 0 aliphatic heterocycles. The summed E-state index contributed by atoms with van der Waals surface area (Å²) in [6.07, 6.45) is -1.10. The third-order valence-electron chi connectivity index (χ3n) is 2.21. The number of aromatic nitrogens is 1. The lowest BCUT2D eigenvalue weighted by molar-refractivity contribution is -0.137. The number of nitrogens with one attached hydrogen (secondary N) is 1. The molecule has 0 bridgehead atoms. The Hall–Kier alpha value is -1.56. The summed E-state index contributed by atoms with van der Waals surface area (Å²) >= 11 is 3.26. The van der Waals surface area contributed by atoms with Crippen LogP contribution in [0.25, 0.3) is 0 Å². The molecule has 2 rings (SSSR count). The maximum absolute atomic E-state index is 12.4. The molecule has 0 spiro atoms. The minimum absolute atomic E-state index is 0.572. The van der Waals surface area contributed by atoms with Crippen molar-refractivity contribution in [1.82, 2.24) is 4.98 Å². The van der Waals surface area contributed by atoms with Crippen LogP contribution in [0.1, 0.15) is 5.56 Å². The Kier molecular flexibility index (Phi) is 3.56. The van der Waals surface area contributed by atoms with Gasteiger partial charge in [0.2, 0.25) is 0 Å². The second-order valence-electron chi connectivity index (χ2n) is 3.59. The van der Waals surface area contributed by atoms with Crippen LogP contribution in [0.3, 0.4) is 0 Å². The van der Waals surface area contributed by atoms with Crippen LogP contribution in [0, 0.1) is 0 Å². The average molecular weight is 317 g/mol. The molecule has 1 aromatic heterocycles. The number of hydrogen-bond acceptors (Lipinski definition) is 2. The molecule has 18 heavy (non-hydrogen) atoms. The van der Waals surface area contributed by atoms with E-state index in [0.717, 1.165) is 16.6 Å². The van der Waals surface area contributed by atoms with Gasteiger partial charge in [-0.25, -0.2) is 0 Å². The molecule has 1 N–H and O–H groups in total. The van der Waals surface area contributed by atoms with E-state index >= 15 is 0 Å². The molecule has 2 nitrogen and oxygen atoms in total. The van der Waals surface area contributed by atoms with Crippen LogP contribution in [0.5, 0.6) is 0 Å². The van der Waals surface area contributed by atoms with Gasteiger partial charge in [-0.05, 0) is 46.3 Å². The van der Waals surface area contributed by atoms with Crippen LogP contribution in [-0.2, 0) is 6.18 Å². The Bertz CT molecular complexity index is 538. The molecule has 0 amide bonds. The maximum atomic E-state index is 12.4. The summed E-state index contributed by atoms with van der Waals surface area (Å²) in [5, 5.41) is 2.96. The van der Waals surface area contributed by atoms with E-state index in [0.29, 0.717) is 11.4 Å². The van der Waals surface area contributed by atoms with Crippen LogP contribution >= 0.6 is 15.9 Å². The molecule has 2 aromatic rings. The first kappa shape index (κ1) is 12.9. The highest BCUT2D eigenvalue weighted by Crippen LogP contribution is 2.30. The van der Waals surface area contributed by atoms with Crippen molar-refractivity contribution >= 4 is 27.3 Å². The van der Waals surface area contributed by atoms with E-state index in [2.05, 4.69) is 26.2 Å². The molecule has 94 valence electrons. The Labute approximate surface area is 110 Å². The van der Waals surface area contributed by atoms with Gasteiger partial charge < -0.3 is 5.32 Å². The summed E-state index contributed by atoms with van der Waals surface area (Å²) in [4.78, 5) is 3.95. The van der Waals surface area contributed by atoms with Crippen molar-refractivity contribution in [3.8, 4) is 0 Å². The van der Waals surface area contributed by atoms with E-state index in [9.17, 15) is 13.2 Å². The number of hydrogen-bond donors (Lipinski definition) is 1. The molecular weight excluding hydrogens is 309 g/mol. The minimum Gasteiger partial charge on any atom is -0.354 e. The zero-order valence-corrected chi connectivity index (χ0v) is 10.6. The third-order valence-corrected chi connectivity index (χ3v) is 2.64. The minimum atomic E-state index is -4.31. The topological polar surface area (TPSA) is 24.9 Å². The monoisotopic (exact) mass is 316 g/mol. The molecule has 0 fully saturated rings. The summed E-state index contributed by atoms with van der Waals surface area (Å²) in [5.41, 5.74) is 0.604. The molecule has 0 saturated heterocycles. The molecule has 0 aliphatic rings. The summed E-state index contributed by atoms with van der Waals surface area (Å²) < 4.78 is 37.9. The normalized spacial score (nSPS) is 11.3. The van der Waals surface area contributed by atoms with Crippen LogP contribution in [-0.4, -0.2) is 4.98 Å². The van der Waals surface area contributed by atoms with Crippen molar-refractivity contribution < 1.29 is 13.2 Å². The molecule has 0 radical (unpaired) electrons. The quantitative estimate of drug-likeness (QED) is 0.875. The Morgan fingerprint density at radius 1 is 1.00 bits per heavy atom. The number of alkyl halides is 3. The maximum Gasteiger partial charge on any atom is 0.416 e. The van der Waals surface area contributed by atoms with E-state index in [1.807, 2.05) is 0 Å². The standard InChI is InChI=1S/C12H8BrF3N2/c13-9-5-11(7-17-6-9)18-10-3-1-8(2-4-10)12(14,15)16/h1-7,18H. The second-order valence-corrected chi connectivity index (χ2v) is 4.51. The van der Waals surface area contributed by atoms with E-state index in [1.165, 1.54) is 12.1 Å². The first-order chi connectivity index (χ1) is 8.45. The van der Waals surface area contributed by atoms with Gasteiger partial charge in [-0.3, -0.25) is 4.98 Å². The van der Waals surface area contributed by atoms with Crippen molar-refractivity contribution in [1.29, 1.82) is 0 Å². The van der Waals surface area contributed by atoms with Gasteiger partial charge in [0.15, 0.2) is 0 Å². The molecule has 0 aliphatic carbocycles. The number of nitrogens with zero attached hydrogens (tertiary/aromatic N) is 1. The smallest absolute Gasteiger partial charge is 0.354 e. The van der Waals surface area contributed by atoms with Crippen LogP contribution < -0.4 is 5.32 Å². The second kappa shape index (κ2) is 4.97. The molecular formula is C12H8BrF3N2.